The van der Waals surface area contributed by atoms with Crippen LogP contribution in [-0.2, 0) is 4.79 Å². The number of anilines is 2. The number of aryl methyl sites for hydroxylation is 2. The van der Waals surface area contributed by atoms with Crippen molar-refractivity contribution in [3.8, 4) is 0 Å². The Balaban J connectivity index is 2.08. The number of nitro groups is 1. The van der Waals surface area contributed by atoms with Gasteiger partial charge in [-0.1, -0.05) is 18.2 Å². The molecule has 6 nitrogen and oxygen atoms in total. The zero-order valence-electron chi connectivity index (χ0n) is 13.0. The van der Waals surface area contributed by atoms with Crippen LogP contribution in [0.3, 0.4) is 0 Å². The molecule has 0 atom stereocenters. The van der Waals surface area contributed by atoms with Gasteiger partial charge in [0.05, 0.1) is 23.6 Å². The molecule has 8 heteroatoms. The fourth-order valence-electron chi connectivity index (χ4n) is 2.20. The number of hydrogen-bond donors (Lipinski definition) is 2. The highest BCUT2D eigenvalue weighted by Gasteiger charge is 2.17. The minimum atomic E-state index is -1.14. The summed E-state index contributed by atoms with van der Waals surface area (Å²) < 4.78 is 27.5. The van der Waals surface area contributed by atoms with Crippen molar-refractivity contribution in [2.24, 2.45) is 0 Å². The maximum absolute atomic E-state index is 13.7. The molecule has 0 fully saturated rings. The van der Waals surface area contributed by atoms with Gasteiger partial charge in [0.15, 0.2) is 11.6 Å². The summed E-state index contributed by atoms with van der Waals surface area (Å²) in [4.78, 5) is 21.6. The summed E-state index contributed by atoms with van der Waals surface area (Å²) in [6.07, 6.45) is 0. The Hall–Kier alpha value is -3.03. The first-order valence-corrected chi connectivity index (χ1v) is 7.03. The topological polar surface area (TPSA) is 84.3 Å². The van der Waals surface area contributed by atoms with Gasteiger partial charge in [-0.25, -0.2) is 8.78 Å². The molecular weight excluding hydrogens is 320 g/mol. The third-order valence-corrected chi connectivity index (χ3v) is 3.41. The highest BCUT2D eigenvalue weighted by atomic mass is 19.1. The van der Waals surface area contributed by atoms with Crippen molar-refractivity contribution in [1.82, 2.24) is 0 Å². The largest absolute Gasteiger partial charge is 0.371 e. The molecular formula is C16H15F2N3O3. The first-order chi connectivity index (χ1) is 11.3. The number of nitrogens with zero attached hydrogens (tertiary/aromatic N) is 1. The van der Waals surface area contributed by atoms with Crippen LogP contribution in [0.2, 0.25) is 0 Å². The molecule has 24 heavy (non-hydrogen) atoms. The van der Waals surface area contributed by atoms with Gasteiger partial charge in [0.1, 0.15) is 5.69 Å². The highest BCUT2D eigenvalue weighted by molar-refractivity contribution is 5.95. The average molecular weight is 335 g/mol. The van der Waals surface area contributed by atoms with Crippen LogP contribution in [0.1, 0.15) is 11.1 Å². The van der Waals surface area contributed by atoms with Crippen molar-refractivity contribution in [2.45, 2.75) is 13.8 Å². The molecule has 126 valence electrons. The van der Waals surface area contributed by atoms with Crippen molar-refractivity contribution < 1.29 is 18.5 Å². The second kappa shape index (κ2) is 7.03. The van der Waals surface area contributed by atoms with Crippen molar-refractivity contribution in [1.29, 1.82) is 0 Å². The number of rotatable bonds is 5. The molecule has 0 saturated carbocycles. The number of nitrogens with one attached hydrogen (secondary N) is 2. The number of amides is 1. The van der Waals surface area contributed by atoms with Gasteiger partial charge in [-0.15, -0.1) is 0 Å². The van der Waals surface area contributed by atoms with Crippen molar-refractivity contribution >= 4 is 23.0 Å². The number of nitro benzene ring substituents is 1. The number of benzene rings is 2. The van der Waals surface area contributed by atoms with E-state index in [1.165, 1.54) is 0 Å². The third-order valence-electron chi connectivity index (χ3n) is 3.41. The van der Waals surface area contributed by atoms with E-state index in [-0.39, 0.29) is 6.54 Å². The molecule has 0 heterocycles. The molecule has 0 radical (unpaired) electrons. The summed E-state index contributed by atoms with van der Waals surface area (Å²) in [5.41, 5.74) is 1.06. The Bertz CT molecular complexity index is 766. The average Bonchev–Trinajstić information content (AvgIpc) is 2.50. The summed E-state index contributed by atoms with van der Waals surface area (Å²) in [6, 6.07) is 6.68. The van der Waals surface area contributed by atoms with Crippen molar-refractivity contribution in [3.63, 3.8) is 0 Å². The monoisotopic (exact) mass is 335 g/mol. The molecule has 0 spiro atoms. The molecule has 0 aliphatic heterocycles. The molecule has 0 aliphatic rings. The van der Waals surface area contributed by atoms with Crippen LogP contribution in [0.5, 0.6) is 0 Å². The van der Waals surface area contributed by atoms with E-state index < -0.39 is 33.8 Å². The number of carbonyl (C=O) groups excluding carboxylic acids is 1. The summed E-state index contributed by atoms with van der Waals surface area (Å²) >= 11 is 0. The van der Waals surface area contributed by atoms with E-state index in [4.69, 9.17) is 0 Å². The Kier molecular flexibility index (Phi) is 5.08. The molecule has 2 aromatic carbocycles. The summed E-state index contributed by atoms with van der Waals surface area (Å²) in [5, 5.41) is 15.5. The summed E-state index contributed by atoms with van der Waals surface area (Å²) in [6.45, 7) is 3.26. The normalized spacial score (nSPS) is 10.3. The predicted molar refractivity (Wildman–Crippen MR) is 86.0 cm³/mol. The van der Waals surface area contributed by atoms with Gasteiger partial charge >= 0.3 is 0 Å². The Morgan fingerprint density at radius 1 is 1.12 bits per heavy atom. The van der Waals surface area contributed by atoms with Crippen LogP contribution in [0.25, 0.3) is 0 Å². The van der Waals surface area contributed by atoms with E-state index in [0.717, 1.165) is 11.1 Å². The Labute approximate surface area is 136 Å². The lowest BCUT2D eigenvalue weighted by Gasteiger charge is -2.13. The first kappa shape index (κ1) is 17.3. The lowest BCUT2D eigenvalue weighted by molar-refractivity contribution is -0.385. The molecule has 0 aliphatic carbocycles. The van der Waals surface area contributed by atoms with Gasteiger partial charge in [0, 0.05) is 5.69 Å². The van der Waals surface area contributed by atoms with Crippen LogP contribution in [-0.4, -0.2) is 17.4 Å². The van der Waals surface area contributed by atoms with Crippen LogP contribution >= 0.6 is 0 Å². The highest BCUT2D eigenvalue weighted by Crippen LogP contribution is 2.25. The zero-order valence-corrected chi connectivity index (χ0v) is 13.0. The van der Waals surface area contributed by atoms with Crippen LogP contribution in [0.4, 0.5) is 25.8 Å². The second-order valence-electron chi connectivity index (χ2n) is 5.21. The minimum Gasteiger partial charge on any atom is -0.371 e. The first-order valence-electron chi connectivity index (χ1n) is 7.03. The van der Waals surface area contributed by atoms with E-state index in [9.17, 15) is 23.7 Å². The van der Waals surface area contributed by atoms with Crippen molar-refractivity contribution in [2.75, 3.05) is 17.2 Å². The van der Waals surface area contributed by atoms with Crippen LogP contribution in [0.15, 0.2) is 30.3 Å². The number of para-hydroxylation sites is 1. The standard InChI is InChI=1S/C16H15F2N3O3/c1-9-4-3-5-10(2)15(9)20-14(22)8-19-16-12(17)6-11(21(23)24)7-13(16)18/h3-7,19H,8H2,1-2H3,(H,20,22). The molecule has 2 N–H and O–H groups in total. The van der Waals surface area contributed by atoms with Crippen molar-refractivity contribution in [3.05, 3.63) is 63.2 Å². The van der Waals surface area contributed by atoms with Gasteiger partial charge in [-0.3, -0.25) is 14.9 Å². The van der Waals surface area contributed by atoms with Gasteiger partial charge in [-0.2, -0.15) is 0 Å². The zero-order chi connectivity index (χ0) is 17.9. The van der Waals surface area contributed by atoms with Gasteiger partial charge < -0.3 is 10.6 Å². The van der Waals surface area contributed by atoms with E-state index in [0.29, 0.717) is 17.8 Å². The fraction of sp³-hybridized carbons (Fsp3) is 0.188. The third kappa shape index (κ3) is 3.83. The lowest BCUT2D eigenvalue weighted by Crippen LogP contribution is -2.23. The maximum Gasteiger partial charge on any atom is 0.275 e. The van der Waals surface area contributed by atoms with Crippen LogP contribution < -0.4 is 10.6 Å². The quantitative estimate of drug-likeness (QED) is 0.646. The van der Waals surface area contributed by atoms with E-state index >= 15 is 0 Å². The Morgan fingerprint density at radius 2 is 1.67 bits per heavy atom. The minimum absolute atomic E-state index is 0.389. The Morgan fingerprint density at radius 3 is 2.17 bits per heavy atom. The fourth-order valence-corrected chi connectivity index (χ4v) is 2.20. The van der Waals surface area contributed by atoms with Crippen LogP contribution in [0, 0.1) is 35.6 Å². The maximum atomic E-state index is 13.7. The number of non-ortho nitro benzene ring substituents is 1. The smallest absolute Gasteiger partial charge is 0.275 e. The molecule has 1 amide bonds. The molecule has 0 bridgehead atoms. The van der Waals surface area contributed by atoms with E-state index in [1.54, 1.807) is 0 Å². The van der Waals surface area contributed by atoms with E-state index in [2.05, 4.69) is 10.6 Å². The second-order valence-corrected chi connectivity index (χ2v) is 5.21. The number of halogens is 2. The lowest BCUT2D eigenvalue weighted by atomic mass is 10.1. The molecule has 0 saturated heterocycles. The summed E-state index contributed by atoms with van der Waals surface area (Å²) in [5.74, 6) is -2.77. The number of carbonyl (C=O) groups is 1. The molecule has 0 unspecified atom stereocenters. The van der Waals surface area contributed by atoms with Gasteiger partial charge in [0.2, 0.25) is 5.91 Å². The molecule has 0 aromatic heterocycles. The van der Waals surface area contributed by atoms with Gasteiger partial charge in [-0.05, 0) is 25.0 Å². The summed E-state index contributed by atoms with van der Waals surface area (Å²) in [7, 11) is 0. The van der Waals surface area contributed by atoms with Gasteiger partial charge in [0.25, 0.3) is 5.69 Å². The molecule has 2 rings (SSSR count). The predicted octanol–water partition coefficient (Wildman–Crippen LogP) is 3.54. The van der Waals surface area contributed by atoms with E-state index in [1.807, 2.05) is 32.0 Å². The molecule has 2 aromatic rings. The number of hydrogen-bond acceptors (Lipinski definition) is 4. The SMILES string of the molecule is Cc1cccc(C)c1NC(=O)CNc1c(F)cc([N+](=O)[O-])cc1F.